The van der Waals surface area contributed by atoms with Crippen LogP contribution in [0.3, 0.4) is 0 Å². The average Bonchev–Trinajstić information content (AvgIpc) is 3.05. The van der Waals surface area contributed by atoms with Crippen molar-refractivity contribution < 1.29 is 31.1 Å². The van der Waals surface area contributed by atoms with Crippen LogP contribution >= 0.6 is 0 Å². The molecule has 0 radical (unpaired) electrons. The second kappa shape index (κ2) is 7.16. The lowest BCUT2D eigenvalue weighted by Crippen LogP contribution is -2.21. The third kappa shape index (κ3) is 3.53. The van der Waals surface area contributed by atoms with E-state index in [9.17, 15) is 26.4 Å². The Hall–Kier alpha value is -3.07. The normalized spacial score (nSPS) is 12.9. The van der Waals surface area contributed by atoms with Gasteiger partial charge in [0.05, 0.1) is 28.8 Å². The molecule has 0 N–H and O–H groups in total. The van der Waals surface area contributed by atoms with Gasteiger partial charge in [-0.15, -0.1) is 0 Å². The number of carbonyl (C=O) groups is 1. The molecular weight excluding hydrogens is 395 g/mol. The summed E-state index contributed by atoms with van der Waals surface area (Å²) in [7, 11) is -3.44. The Labute approximate surface area is 158 Å². The Kier molecular flexibility index (Phi) is 5.03. The zero-order valence-electron chi connectivity index (χ0n) is 14.5. The predicted octanol–water partition coefficient (Wildman–Crippen LogP) is 4.00. The molecule has 146 valence electrons. The van der Waals surface area contributed by atoms with Crippen molar-refractivity contribution in [3.05, 3.63) is 72.4 Å². The zero-order valence-corrected chi connectivity index (χ0v) is 15.3. The topological polar surface area (TPSA) is 65.4 Å². The van der Waals surface area contributed by atoms with Crippen molar-refractivity contribution in [2.75, 3.05) is 7.11 Å². The maximum Gasteiger partial charge on any atom is 0.418 e. The Morgan fingerprint density at radius 3 is 2.25 bits per heavy atom. The summed E-state index contributed by atoms with van der Waals surface area (Å²) in [6.07, 6.45) is -4.75. The van der Waals surface area contributed by atoms with E-state index in [2.05, 4.69) is 4.74 Å². The summed E-state index contributed by atoms with van der Waals surface area (Å²) in [6, 6.07) is 14.1. The summed E-state index contributed by atoms with van der Waals surface area (Å²) in [5, 5.41) is 0.275. The highest BCUT2D eigenvalue weighted by molar-refractivity contribution is 7.90. The number of allylic oxidation sites excluding steroid dienone is 1. The molecule has 9 heteroatoms. The van der Waals surface area contributed by atoms with E-state index in [1.165, 1.54) is 42.5 Å². The third-order valence-corrected chi connectivity index (χ3v) is 5.73. The minimum absolute atomic E-state index is 0.0568. The van der Waals surface area contributed by atoms with Crippen molar-refractivity contribution in [1.82, 2.24) is 3.97 Å². The number of aromatic nitrogens is 1. The van der Waals surface area contributed by atoms with E-state index in [0.29, 0.717) is 3.97 Å². The van der Waals surface area contributed by atoms with Crippen molar-refractivity contribution in [2.24, 2.45) is 0 Å². The molecule has 0 bridgehead atoms. The van der Waals surface area contributed by atoms with Crippen molar-refractivity contribution in [2.45, 2.75) is 11.1 Å². The fourth-order valence-corrected chi connectivity index (χ4v) is 4.30. The zero-order chi connectivity index (χ0) is 20.5. The third-order valence-electron chi connectivity index (χ3n) is 3.99. The molecule has 0 unspecified atom stereocenters. The fraction of sp³-hybridized carbons (Fsp3) is 0.105. The minimum Gasteiger partial charge on any atom is -0.466 e. The van der Waals surface area contributed by atoms with Crippen LogP contribution in [0.1, 0.15) is 5.69 Å². The molecule has 0 saturated carbocycles. The van der Waals surface area contributed by atoms with Gasteiger partial charge in [-0.1, -0.05) is 36.4 Å². The molecule has 0 amide bonds. The Morgan fingerprint density at radius 2 is 1.64 bits per heavy atom. The van der Waals surface area contributed by atoms with Gasteiger partial charge in [0.25, 0.3) is 10.0 Å². The summed E-state index contributed by atoms with van der Waals surface area (Å²) in [4.78, 5) is 11.3. The number of hydrogen-bond donors (Lipinski definition) is 0. The molecule has 0 aliphatic rings. The first kappa shape index (κ1) is 19.7. The summed E-state index contributed by atoms with van der Waals surface area (Å²) in [5.74, 6) is -1.25. The monoisotopic (exact) mass is 409 g/mol. The molecule has 3 rings (SSSR count). The van der Waals surface area contributed by atoms with Crippen LogP contribution in [0.5, 0.6) is 0 Å². The van der Waals surface area contributed by atoms with E-state index < -0.39 is 33.4 Å². The van der Waals surface area contributed by atoms with Gasteiger partial charge in [0.1, 0.15) is 0 Å². The van der Waals surface area contributed by atoms with Gasteiger partial charge in [-0.05, 0) is 24.3 Å². The van der Waals surface area contributed by atoms with Crippen LogP contribution in [0, 0.1) is 0 Å². The standard InChI is InChI=1S/C19H14F3NO4S/c1-27-18(24)12-15(19(20,21)22)17-11-13-7-5-6-10-16(13)23(17)28(25,26)14-8-3-2-4-9-14/h2-12H,1H3/b15-12-. The number of nitrogens with zero attached hydrogens (tertiary/aromatic N) is 1. The van der Waals surface area contributed by atoms with Gasteiger partial charge in [-0.3, -0.25) is 0 Å². The number of para-hydroxylation sites is 1. The smallest absolute Gasteiger partial charge is 0.418 e. The summed E-state index contributed by atoms with van der Waals surface area (Å²) >= 11 is 0. The van der Waals surface area contributed by atoms with Gasteiger partial charge in [0.15, 0.2) is 0 Å². The largest absolute Gasteiger partial charge is 0.466 e. The average molecular weight is 409 g/mol. The molecule has 2 aromatic carbocycles. The fourth-order valence-electron chi connectivity index (χ4n) is 2.75. The minimum atomic E-state index is -4.99. The van der Waals surface area contributed by atoms with Gasteiger partial charge in [0, 0.05) is 11.5 Å². The maximum atomic E-state index is 13.7. The number of rotatable bonds is 4. The number of benzene rings is 2. The number of esters is 1. The van der Waals surface area contributed by atoms with E-state index in [1.54, 1.807) is 12.1 Å². The number of alkyl halides is 3. The first-order chi connectivity index (χ1) is 13.2. The molecular formula is C19H14F3NO4S. The van der Waals surface area contributed by atoms with E-state index in [0.717, 1.165) is 13.2 Å². The molecule has 5 nitrogen and oxygen atoms in total. The van der Waals surface area contributed by atoms with E-state index >= 15 is 0 Å². The highest BCUT2D eigenvalue weighted by Gasteiger charge is 2.39. The molecule has 0 fully saturated rings. The SMILES string of the molecule is COC(=O)/C=C(/c1cc2ccccc2n1S(=O)(=O)c1ccccc1)C(F)(F)F. The molecule has 1 aromatic heterocycles. The first-order valence-corrected chi connectivity index (χ1v) is 9.38. The second-order valence-corrected chi connectivity index (χ2v) is 7.54. The van der Waals surface area contributed by atoms with Crippen molar-refractivity contribution in [3.63, 3.8) is 0 Å². The first-order valence-electron chi connectivity index (χ1n) is 7.94. The van der Waals surface area contributed by atoms with E-state index in [-0.39, 0.29) is 21.9 Å². The number of hydrogen-bond acceptors (Lipinski definition) is 4. The van der Waals surface area contributed by atoms with Crippen LogP contribution in [-0.2, 0) is 19.6 Å². The van der Waals surface area contributed by atoms with Crippen LogP contribution in [0.25, 0.3) is 16.5 Å². The second-order valence-electron chi connectivity index (χ2n) is 5.75. The molecule has 0 aliphatic carbocycles. The Bertz CT molecular complexity index is 1160. The van der Waals surface area contributed by atoms with Crippen molar-refractivity contribution in [3.8, 4) is 0 Å². The van der Waals surface area contributed by atoms with Gasteiger partial charge >= 0.3 is 12.1 Å². The number of carbonyl (C=O) groups excluding carboxylic acids is 1. The molecule has 0 saturated heterocycles. The Balaban J connectivity index is 2.41. The molecule has 0 spiro atoms. The van der Waals surface area contributed by atoms with Crippen LogP contribution in [0.2, 0.25) is 0 Å². The van der Waals surface area contributed by atoms with Crippen LogP contribution in [0.4, 0.5) is 13.2 Å². The van der Waals surface area contributed by atoms with Gasteiger partial charge in [-0.2, -0.15) is 13.2 Å². The van der Waals surface area contributed by atoms with E-state index in [4.69, 9.17) is 0 Å². The molecule has 0 aliphatic heterocycles. The highest BCUT2D eigenvalue weighted by Crippen LogP contribution is 2.38. The van der Waals surface area contributed by atoms with Gasteiger partial charge in [0.2, 0.25) is 0 Å². The number of fused-ring (bicyclic) bond motifs is 1. The van der Waals surface area contributed by atoms with Crippen LogP contribution < -0.4 is 0 Å². The molecule has 3 aromatic rings. The summed E-state index contributed by atoms with van der Waals surface area (Å²) < 4.78 is 72.4. The number of ether oxygens (including phenoxy) is 1. The van der Waals surface area contributed by atoms with Gasteiger partial charge < -0.3 is 4.74 Å². The lowest BCUT2D eigenvalue weighted by atomic mass is 10.1. The predicted molar refractivity (Wildman–Crippen MR) is 97.0 cm³/mol. The number of halogens is 3. The van der Waals surface area contributed by atoms with Gasteiger partial charge in [-0.25, -0.2) is 17.2 Å². The van der Waals surface area contributed by atoms with Crippen molar-refractivity contribution in [1.29, 1.82) is 0 Å². The quantitative estimate of drug-likeness (QED) is 0.483. The lowest BCUT2D eigenvalue weighted by Gasteiger charge is -2.16. The van der Waals surface area contributed by atoms with Crippen molar-refractivity contribution >= 4 is 32.5 Å². The number of methoxy groups -OCH3 is 1. The summed E-state index contributed by atoms with van der Waals surface area (Å²) in [5.41, 5.74) is -2.04. The van der Waals surface area contributed by atoms with Crippen LogP contribution in [-0.4, -0.2) is 31.6 Å². The van der Waals surface area contributed by atoms with Crippen LogP contribution in [0.15, 0.2) is 71.6 Å². The maximum absolute atomic E-state index is 13.7. The van der Waals surface area contributed by atoms with E-state index in [1.807, 2.05) is 0 Å². The molecule has 28 heavy (non-hydrogen) atoms. The molecule has 1 heterocycles. The summed E-state index contributed by atoms with van der Waals surface area (Å²) in [6.45, 7) is 0. The molecule has 0 atom stereocenters. The lowest BCUT2D eigenvalue weighted by molar-refractivity contribution is -0.135. The highest BCUT2D eigenvalue weighted by atomic mass is 32.2. The Morgan fingerprint density at radius 1 is 1.04 bits per heavy atom.